The molecule has 2 aromatic carbocycles. The highest BCUT2D eigenvalue weighted by molar-refractivity contribution is 7.94. The normalized spacial score (nSPS) is 11.0. The minimum atomic E-state index is -4.09. The lowest BCUT2D eigenvalue weighted by atomic mass is 10.3. The van der Waals surface area contributed by atoms with Crippen LogP contribution in [0.5, 0.6) is 17.2 Å². The third-order valence-corrected chi connectivity index (χ3v) is 6.48. The van der Waals surface area contributed by atoms with Crippen LogP contribution < -0.4 is 19.5 Å². The second-order valence-electron chi connectivity index (χ2n) is 5.80. The van der Waals surface area contributed by atoms with Crippen LogP contribution in [0.15, 0.2) is 46.8 Å². The van der Waals surface area contributed by atoms with E-state index in [0.717, 1.165) is 11.3 Å². The summed E-state index contributed by atoms with van der Waals surface area (Å²) in [6.45, 7) is 1.67. The van der Waals surface area contributed by atoms with Crippen molar-refractivity contribution in [3.63, 3.8) is 0 Å². The number of nitrogens with zero attached hydrogens (tertiary/aromatic N) is 2. The first-order valence-corrected chi connectivity index (χ1v) is 11.3. The zero-order valence-corrected chi connectivity index (χ0v) is 18.3. The molecule has 30 heavy (non-hydrogen) atoms. The van der Waals surface area contributed by atoms with Gasteiger partial charge in [-0.1, -0.05) is 29.9 Å². The molecule has 1 aromatic heterocycles. The number of aromatic nitrogens is 2. The summed E-state index contributed by atoms with van der Waals surface area (Å²) in [7, 11) is -2.54. The van der Waals surface area contributed by atoms with E-state index in [2.05, 4.69) is 20.2 Å². The third-order valence-electron chi connectivity index (χ3n) is 3.68. The Kier molecular flexibility index (Phi) is 6.75. The molecule has 0 aliphatic carbocycles. The Hall–Kier alpha value is -2.89. The van der Waals surface area contributed by atoms with Gasteiger partial charge in [-0.05, 0) is 42.5 Å². The molecule has 0 fully saturated rings. The quantitative estimate of drug-likeness (QED) is 0.476. The molecule has 0 spiro atoms. The van der Waals surface area contributed by atoms with Gasteiger partial charge in [0.1, 0.15) is 11.5 Å². The summed E-state index contributed by atoms with van der Waals surface area (Å²) in [6, 6.07) is 11.3. The van der Waals surface area contributed by atoms with Crippen molar-refractivity contribution in [3.8, 4) is 17.2 Å². The predicted octanol–water partition coefficient (Wildman–Crippen LogP) is 4.14. The van der Waals surface area contributed by atoms with Gasteiger partial charge in [0.15, 0.2) is 5.75 Å². The number of amides is 1. The smallest absolute Gasteiger partial charge is 0.291 e. The maximum atomic E-state index is 12.7. The lowest BCUT2D eigenvalue weighted by molar-refractivity contribution is -0.115. The van der Waals surface area contributed by atoms with Gasteiger partial charge in [-0.15, -0.1) is 10.2 Å². The number of nitrogens with one attached hydrogen (secondary N) is 2. The number of ether oxygens (including phenoxy) is 2. The molecule has 1 amide bonds. The van der Waals surface area contributed by atoms with Gasteiger partial charge in [-0.3, -0.25) is 9.52 Å². The number of hydrogen-bond donors (Lipinski definition) is 2. The standard InChI is InChI=1S/C18H17ClN4O5S2/c1-3-16(24)20-17-21-22-18(29-17)30(25,26)23-14-10-11(19)4-9-15(14)28-13-7-5-12(27-2)6-8-13/h4-10,23H,3H2,1-2H3,(H,20,21,24). The van der Waals surface area contributed by atoms with Crippen molar-refractivity contribution in [3.05, 3.63) is 47.5 Å². The first-order chi connectivity index (χ1) is 14.3. The molecule has 0 bridgehead atoms. The maximum Gasteiger partial charge on any atom is 0.291 e. The topological polar surface area (TPSA) is 120 Å². The molecule has 3 aromatic rings. The van der Waals surface area contributed by atoms with Crippen molar-refractivity contribution in [1.29, 1.82) is 0 Å². The highest BCUT2D eigenvalue weighted by atomic mass is 35.5. The number of carbonyl (C=O) groups is 1. The van der Waals surface area contributed by atoms with Gasteiger partial charge in [0.2, 0.25) is 11.0 Å². The summed E-state index contributed by atoms with van der Waals surface area (Å²) in [5, 5.41) is 10.2. The van der Waals surface area contributed by atoms with Gasteiger partial charge in [0, 0.05) is 11.4 Å². The second kappa shape index (κ2) is 9.28. The Labute approximate surface area is 182 Å². The van der Waals surface area contributed by atoms with Gasteiger partial charge in [0.25, 0.3) is 14.4 Å². The average Bonchev–Trinajstić information content (AvgIpc) is 3.19. The highest BCUT2D eigenvalue weighted by Gasteiger charge is 2.23. The van der Waals surface area contributed by atoms with Crippen LogP contribution in [0.4, 0.5) is 10.8 Å². The molecule has 0 aliphatic rings. The molecule has 0 unspecified atom stereocenters. The molecule has 12 heteroatoms. The molecular weight excluding hydrogens is 452 g/mol. The number of halogens is 1. The first-order valence-electron chi connectivity index (χ1n) is 8.58. The van der Waals surface area contributed by atoms with Crippen LogP contribution in [-0.2, 0) is 14.8 Å². The van der Waals surface area contributed by atoms with Crippen LogP contribution in [0.3, 0.4) is 0 Å². The Bertz CT molecular complexity index is 1150. The third kappa shape index (κ3) is 5.38. The van der Waals surface area contributed by atoms with Crippen LogP contribution in [-0.4, -0.2) is 31.6 Å². The van der Waals surface area contributed by atoms with Gasteiger partial charge >= 0.3 is 0 Å². The van der Waals surface area contributed by atoms with Crippen molar-refractivity contribution >= 4 is 49.7 Å². The van der Waals surface area contributed by atoms with Gasteiger partial charge in [0.05, 0.1) is 12.8 Å². The Morgan fingerprint density at radius 3 is 2.50 bits per heavy atom. The van der Waals surface area contributed by atoms with E-state index in [4.69, 9.17) is 21.1 Å². The van der Waals surface area contributed by atoms with Crippen LogP contribution in [0, 0.1) is 0 Å². The lowest BCUT2D eigenvalue weighted by Gasteiger charge is -2.13. The van der Waals surface area contributed by atoms with Crippen molar-refractivity contribution in [2.75, 3.05) is 17.1 Å². The number of hydrogen-bond acceptors (Lipinski definition) is 8. The number of anilines is 2. The fourth-order valence-electron chi connectivity index (χ4n) is 2.21. The van der Waals surface area contributed by atoms with E-state index in [1.165, 1.54) is 12.1 Å². The van der Waals surface area contributed by atoms with E-state index in [1.54, 1.807) is 44.4 Å². The Morgan fingerprint density at radius 2 is 1.83 bits per heavy atom. The summed E-state index contributed by atoms with van der Waals surface area (Å²) < 4.78 is 38.5. The second-order valence-corrected chi connectivity index (χ2v) is 9.07. The van der Waals surface area contributed by atoms with Crippen LogP contribution in [0.1, 0.15) is 13.3 Å². The molecule has 0 saturated heterocycles. The van der Waals surface area contributed by atoms with Crippen molar-refractivity contribution in [2.24, 2.45) is 0 Å². The summed E-state index contributed by atoms with van der Waals surface area (Å²) in [5.74, 6) is 1.06. The van der Waals surface area contributed by atoms with E-state index in [9.17, 15) is 13.2 Å². The van der Waals surface area contributed by atoms with Gasteiger partial charge in [-0.25, -0.2) is 0 Å². The SMILES string of the molecule is CCC(=O)Nc1nnc(S(=O)(=O)Nc2cc(Cl)ccc2Oc2ccc(OC)cc2)s1. The first kappa shape index (κ1) is 21.8. The zero-order chi connectivity index (χ0) is 21.7. The summed E-state index contributed by atoms with van der Waals surface area (Å²) in [4.78, 5) is 11.5. The fourth-order valence-corrected chi connectivity index (χ4v) is 4.36. The van der Waals surface area contributed by atoms with E-state index in [1.807, 2.05) is 0 Å². The van der Waals surface area contributed by atoms with E-state index < -0.39 is 10.0 Å². The Balaban J connectivity index is 1.84. The van der Waals surface area contributed by atoms with Crippen molar-refractivity contribution in [1.82, 2.24) is 10.2 Å². The van der Waals surface area contributed by atoms with Crippen LogP contribution in [0.2, 0.25) is 5.02 Å². The number of sulfonamides is 1. The number of carbonyl (C=O) groups excluding carboxylic acids is 1. The molecule has 0 saturated carbocycles. The van der Waals surface area contributed by atoms with Crippen molar-refractivity contribution < 1.29 is 22.7 Å². The molecular formula is C18H17ClN4O5S2. The van der Waals surface area contributed by atoms with Gasteiger partial charge < -0.3 is 14.8 Å². The molecule has 158 valence electrons. The summed E-state index contributed by atoms with van der Waals surface area (Å²) >= 11 is 6.76. The van der Waals surface area contributed by atoms with Crippen molar-refractivity contribution in [2.45, 2.75) is 17.7 Å². The minimum absolute atomic E-state index is 0.0861. The van der Waals surface area contributed by atoms with Crippen LogP contribution in [0.25, 0.3) is 0 Å². The zero-order valence-electron chi connectivity index (χ0n) is 15.9. The maximum absolute atomic E-state index is 12.7. The molecule has 1 heterocycles. The van der Waals surface area contributed by atoms with E-state index >= 15 is 0 Å². The number of benzene rings is 2. The monoisotopic (exact) mass is 468 g/mol. The molecule has 3 rings (SSSR count). The summed E-state index contributed by atoms with van der Waals surface area (Å²) in [6.07, 6.45) is 0.231. The minimum Gasteiger partial charge on any atom is -0.497 e. The highest BCUT2D eigenvalue weighted by Crippen LogP contribution is 2.34. The number of methoxy groups -OCH3 is 1. The van der Waals surface area contributed by atoms with E-state index in [0.29, 0.717) is 16.5 Å². The molecule has 0 aliphatic heterocycles. The number of rotatable bonds is 8. The average molecular weight is 469 g/mol. The van der Waals surface area contributed by atoms with Gasteiger partial charge in [-0.2, -0.15) is 8.42 Å². The molecule has 9 nitrogen and oxygen atoms in total. The largest absolute Gasteiger partial charge is 0.497 e. The lowest BCUT2D eigenvalue weighted by Crippen LogP contribution is -2.13. The fraction of sp³-hybridized carbons (Fsp3) is 0.167. The molecule has 0 atom stereocenters. The van der Waals surface area contributed by atoms with E-state index in [-0.39, 0.29) is 33.2 Å². The molecule has 2 N–H and O–H groups in total. The summed E-state index contributed by atoms with van der Waals surface area (Å²) in [5.41, 5.74) is 0.118. The molecule has 0 radical (unpaired) electrons. The van der Waals surface area contributed by atoms with Crippen LogP contribution >= 0.6 is 22.9 Å². The predicted molar refractivity (Wildman–Crippen MR) is 114 cm³/mol. The Morgan fingerprint density at radius 1 is 1.13 bits per heavy atom.